The van der Waals surface area contributed by atoms with Crippen LogP contribution in [0.2, 0.25) is 0 Å². The fourth-order valence-electron chi connectivity index (χ4n) is 2.05. The summed E-state index contributed by atoms with van der Waals surface area (Å²) < 4.78 is 6.09. The van der Waals surface area contributed by atoms with Gasteiger partial charge in [0, 0.05) is 12.4 Å². The van der Waals surface area contributed by atoms with Gasteiger partial charge in [-0.2, -0.15) is 0 Å². The maximum absolute atomic E-state index is 6.09. The highest BCUT2D eigenvalue weighted by Gasteiger charge is 2.41. The van der Waals surface area contributed by atoms with Crippen LogP contribution in [0, 0.1) is 0 Å². The second-order valence-electron chi connectivity index (χ2n) is 4.33. The van der Waals surface area contributed by atoms with Crippen LogP contribution < -0.4 is 0 Å². The van der Waals surface area contributed by atoms with Gasteiger partial charge in [0.1, 0.15) is 11.6 Å². The van der Waals surface area contributed by atoms with Crippen molar-refractivity contribution in [3.8, 4) is 0 Å². The molecule has 98 valence electrons. The van der Waals surface area contributed by atoms with E-state index < -0.39 is 5.47 Å². The average Bonchev–Trinajstić information content (AvgIpc) is 2.77. The van der Waals surface area contributed by atoms with Crippen LogP contribution in [0.5, 0.6) is 0 Å². The van der Waals surface area contributed by atoms with Crippen LogP contribution in [0.25, 0.3) is 0 Å². The smallest absolute Gasteiger partial charge is 0.123 e. The Bertz CT molecular complexity index is 557. The van der Waals surface area contributed by atoms with Gasteiger partial charge in [-0.15, -0.1) is 0 Å². The lowest BCUT2D eigenvalue weighted by atomic mass is 10.1. The third-order valence-corrected chi connectivity index (χ3v) is 7.67. The van der Waals surface area contributed by atoms with Gasteiger partial charge in [-0.25, -0.2) is 0 Å². The van der Waals surface area contributed by atoms with Crippen molar-refractivity contribution in [2.75, 3.05) is 6.66 Å². The first kappa shape index (κ1) is 13.3. The van der Waals surface area contributed by atoms with E-state index in [4.69, 9.17) is 16.3 Å². The zero-order chi connectivity index (χ0) is 13.3. The normalized spacial score (nSPS) is 30.4. The summed E-state index contributed by atoms with van der Waals surface area (Å²) in [6, 6.07) is 11.8. The molecule has 1 fully saturated rings. The number of nitrogens with zero attached hydrogens (tertiary/aromatic N) is 2. The number of hydrogen-bond acceptors (Lipinski definition) is 5. The van der Waals surface area contributed by atoms with E-state index in [1.54, 1.807) is 17.6 Å². The highest BCUT2D eigenvalue weighted by molar-refractivity contribution is 8.69. The highest BCUT2D eigenvalue weighted by atomic mass is 32.9. The first-order valence-electron chi connectivity index (χ1n) is 5.92. The predicted octanol–water partition coefficient (Wildman–Crippen LogP) is 3.96. The summed E-state index contributed by atoms with van der Waals surface area (Å²) in [7, 11) is 0. The maximum Gasteiger partial charge on any atom is 0.123 e. The highest BCUT2D eigenvalue weighted by Crippen LogP contribution is 2.74. The number of aromatic nitrogens is 2. The Labute approximate surface area is 121 Å². The number of pyridine rings is 2. The van der Waals surface area contributed by atoms with E-state index in [2.05, 4.69) is 9.97 Å². The van der Waals surface area contributed by atoms with E-state index in [1.165, 1.54) is 0 Å². The first-order chi connectivity index (χ1) is 9.16. The second-order valence-corrected chi connectivity index (χ2v) is 12.3. The molecule has 19 heavy (non-hydrogen) atoms. The SMILES string of the molecule is CP1(=S)O[C@H](c2ccccn2)[C@H](c2ccccn2)S1. The molecule has 1 aliphatic rings. The van der Waals surface area contributed by atoms with E-state index in [-0.39, 0.29) is 11.4 Å². The fraction of sp³-hybridized carbons (Fsp3) is 0.231. The molecule has 1 unspecified atom stereocenters. The van der Waals surface area contributed by atoms with Crippen LogP contribution in [0.4, 0.5) is 0 Å². The zero-order valence-corrected chi connectivity index (χ0v) is 12.9. The number of hydrogen-bond donors (Lipinski definition) is 0. The molecule has 0 spiro atoms. The third kappa shape index (κ3) is 2.90. The van der Waals surface area contributed by atoms with Crippen molar-refractivity contribution in [1.82, 2.24) is 9.97 Å². The molecule has 1 aliphatic heterocycles. The molecular weight excluding hydrogens is 295 g/mol. The molecule has 0 radical (unpaired) electrons. The van der Waals surface area contributed by atoms with E-state index in [0.29, 0.717) is 0 Å². The van der Waals surface area contributed by atoms with Crippen LogP contribution in [0.1, 0.15) is 22.7 Å². The quantitative estimate of drug-likeness (QED) is 0.785. The summed E-state index contributed by atoms with van der Waals surface area (Å²) in [4.78, 5) is 8.85. The Balaban J connectivity index is 2.00. The molecule has 3 nitrogen and oxygen atoms in total. The first-order valence-corrected chi connectivity index (χ1v) is 10.6. The van der Waals surface area contributed by atoms with Crippen molar-refractivity contribution in [3.63, 3.8) is 0 Å². The zero-order valence-electron chi connectivity index (χ0n) is 10.3. The monoisotopic (exact) mass is 308 g/mol. The summed E-state index contributed by atoms with van der Waals surface area (Å²) in [5.41, 5.74) is 0.124. The van der Waals surface area contributed by atoms with Crippen LogP contribution in [0.15, 0.2) is 48.8 Å². The van der Waals surface area contributed by atoms with Gasteiger partial charge in [0.15, 0.2) is 0 Å². The van der Waals surface area contributed by atoms with E-state index in [1.807, 2.05) is 49.3 Å². The van der Waals surface area contributed by atoms with E-state index in [0.717, 1.165) is 11.4 Å². The van der Waals surface area contributed by atoms with Gasteiger partial charge in [0.2, 0.25) is 0 Å². The lowest BCUT2D eigenvalue weighted by Gasteiger charge is -2.15. The standard InChI is InChI=1S/C13H13N2OPS2/c1-17(18)16-12(10-6-2-4-8-14-10)13(19-17)11-7-3-5-9-15-11/h2-9,12-13H,1H3/t12-,13+,17?/m1/s1. The van der Waals surface area contributed by atoms with Crippen molar-refractivity contribution in [3.05, 3.63) is 60.2 Å². The van der Waals surface area contributed by atoms with Crippen LogP contribution in [0.3, 0.4) is 0 Å². The largest absolute Gasteiger partial charge is 0.331 e. The Morgan fingerprint density at radius 1 is 1.11 bits per heavy atom. The van der Waals surface area contributed by atoms with E-state index >= 15 is 0 Å². The topological polar surface area (TPSA) is 35.0 Å². The molecule has 3 heterocycles. The minimum Gasteiger partial charge on any atom is -0.331 e. The lowest BCUT2D eigenvalue weighted by molar-refractivity contribution is 0.236. The molecule has 1 saturated heterocycles. The summed E-state index contributed by atoms with van der Waals surface area (Å²) in [6.45, 7) is 2.02. The molecule has 6 heteroatoms. The van der Waals surface area contributed by atoms with Gasteiger partial charge in [0.05, 0.1) is 16.6 Å². The second kappa shape index (κ2) is 5.33. The van der Waals surface area contributed by atoms with E-state index in [9.17, 15) is 0 Å². The molecule has 0 aromatic carbocycles. The van der Waals surface area contributed by atoms with Gasteiger partial charge in [-0.1, -0.05) is 35.3 Å². The Morgan fingerprint density at radius 2 is 1.74 bits per heavy atom. The van der Waals surface area contributed by atoms with Crippen molar-refractivity contribution in [2.45, 2.75) is 11.4 Å². The summed E-state index contributed by atoms with van der Waals surface area (Å²) in [5.74, 6) is 0. The maximum atomic E-state index is 6.09. The Hall–Kier alpha value is -0.740. The van der Waals surface area contributed by atoms with Gasteiger partial charge >= 0.3 is 0 Å². The summed E-state index contributed by atoms with van der Waals surface area (Å²) in [6.07, 6.45) is 3.50. The summed E-state index contributed by atoms with van der Waals surface area (Å²) in [5, 5.41) is 0.131. The average molecular weight is 308 g/mol. The van der Waals surface area contributed by atoms with Gasteiger partial charge in [0.25, 0.3) is 0 Å². The molecule has 0 amide bonds. The molecule has 0 saturated carbocycles. The number of rotatable bonds is 2. The Kier molecular flexibility index (Phi) is 3.72. The molecule has 0 N–H and O–H groups in total. The third-order valence-electron chi connectivity index (χ3n) is 2.84. The molecule has 2 aromatic heterocycles. The van der Waals surface area contributed by atoms with Crippen molar-refractivity contribution < 1.29 is 4.52 Å². The minimum atomic E-state index is -1.82. The van der Waals surface area contributed by atoms with Gasteiger partial charge in [-0.3, -0.25) is 9.97 Å². The summed E-state index contributed by atoms with van der Waals surface area (Å²) >= 11 is 7.28. The van der Waals surface area contributed by atoms with Crippen molar-refractivity contribution in [2.24, 2.45) is 0 Å². The minimum absolute atomic E-state index is 0.100. The van der Waals surface area contributed by atoms with Crippen LogP contribution in [-0.4, -0.2) is 16.6 Å². The van der Waals surface area contributed by atoms with Crippen molar-refractivity contribution >= 4 is 28.7 Å². The predicted molar refractivity (Wildman–Crippen MR) is 82.8 cm³/mol. The van der Waals surface area contributed by atoms with Crippen LogP contribution in [-0.2, 0) is 16.3 Å². The molecule has 3 atom stereocenters. The molecule has 0 aliphatic carbocycles. The van der Waals surface area contributed by atoms with Gasteiger partial charge < -0.3 is 4.52 Å². The molecule has 0 bridgehead atoms. The molecule has 3 rings (SSSR count). The Morgan fingerprint density at radius 3 is 2.32 bits per heavy atom. The van der Waals surface area contributed by atoms with Crippen molar-refractivity contribution in [1.29, 1.82) is 0 Å². The molecule has 2 aromatic rings. The molecular formula is C13H13N2OPS2. The lowest BCUT2D eigenvalue weighted by Crippen LogP contribution is -2.07. The van der Waals surface area contributed by atoms with Crippen LogP contribution >= 0.6 is 16.8 Å². The fourth-order valence-corrected chi connectivity index (χ4v) is 7.23. The van der Waals surface area contributed by atoms with Gasteiger partial charge in [-0.05, 0) is 30.9 Å².